The normalized spacial score (nSPS) is 11.6. The van der Waals surface area contributed by atoms with Crippen molar-refractivity contribution in [2.45, 2.75) is 46.1 Å². The first-order valence-corrected chi connectivity index (χ1v) is 7.00. The van der Waals surface area contributed by atoms with Crippen LogP contribution in [0, 0.1) is 18.8 Å². The summed E-state index contributed by atoms with van der Waals surface area (Å²) in [5, 5.41) is 3.60. The monoisotopic (exact) mass is 259 g/mol. The average Bonchev–Trinajstić information content (AvgIpc) is 2.42. The highest BCUT2D eigenvalue weighted by Crippen LogP contribution is 2.29. The Morgan fingerprint density at radius 3 is 2.79 bits per heavy atom. The van der Waals surface area contributed by atoms with Gasteiger partial charge in [-0.25, -0.2) is 0 Å². The second-order valence-corrected chi connectivity index (χ2v) is 4.72. The molecule has 1 aromatic rings. The fourth-order valence-corrected chi connectivity index (χ4v) is 2.15. The molecular formula is C17H25NO. The number of ether oxygens (including phenoxy) is 1. The molecule has 1 N–H and O–H groups in total. The van der Waals surface area contributed by atoms with E-state index in [-0.39, 0.29) is 0 Å². The lowest BCUT2D eigenvalue weighted by molar-refractivity contribution is 0.395. The summed E-state index contributed by atoms with van der Waals surface area (Å²) in [6.07, 6.45) is 3.06. The summed E-state index contributed by atoms with van der Waals surface area (Å²) in [5.41, 5.74) is 2.51. The fraction of sp³-hybridized carbons (Fsp3) is 0.529. The molecule has 0 saturated carbocycles. The van der Waals surface area contributed by atoms with Crippen molar-refractivity contribution in [3.63, 3.8) is 0 Å². The van der Waals surface area contributed by atoms with Gasteiger partial charge in [0.2, 0.25) is 0 Å². The van der Waals surface area contributed by atoms with E-state index >= 15 is 0 Å². The number of benzene rings is 1. The van der Waals surface area contributed by atoms with Crippen LogP contribution in [-0.4, -0.2) is 13.7 Å². The van der Waals surface area contributed by atoms with Crippen molar-refractivity contribution in [2.75, 3.05) is 13.7 Å². The van der Waals surface area contributed by atoms with Crippen molar-refractivity contribution in [3.05, 3.63) is 29.3 Å². The molecule has 0 aliphatic carbocycles. The van der Waals surface area contributed by atoms with Gasteiger partial charge in [-0.1, -0.05) is 24.6 Å². The molecule has 0 heterocycles. The molecule has 19 heavy (non-hydrogen) atoms. The van der Waals surface area contributed by atoms with Crippen molar-refractivity contribution in [1.29, 1.82) is 0 Å². The largest absolute Gasteiger partial charge is 0.496 e. The molecule has 2 nitrogen and oxygen atoms in total. The molecule has 0 fully saturated rings. The Morgan fingerprint density at radius 2 is 2.16 bits per heavy atom. The van der Waals surface area contributed by atoms with Crippen molar-refractivity contribution >= 4 is 0 Å². The second kappa shape index (κ2) is 8.61. The third kappa shape index (κ3) is 4.96. The Kier molecular flexibility index (Phi) is 7.07. The Labute approximate surface area is 117 Å². The molecule has 0 aliphatic rings. The minimum atomic E-state index is 0.315. The van der Waals surface area contributed by atoms with E-state index in [9.17, 15) is 0 Å². The zero-order chi connectivity index (χ0) is 14.1. The van der Waals surface area contributed by atoms with Crippen LogP contribution in [0.3, 0.4) is 0 Å². The van der Waals surface area contributed by atoms with Gasteiger partial charge in [0.05, 0.1) is 7.11 Å². The highest BCUT2D eigenvalue weighted by atomic mass is 16.5. The number of methoxy groups -OCH3 is 1. The molecule has 1 rings (SSSR count). The second-order valence-electron chi connectivity index (χ2n) is 4.72. The molecule has 2 heteroatoms. The van der Waals surface area contributed by atoms with Gasteiger partial charge in [0.15, 0.2) is 0 Å². The van der Waals surface area contributed by atoms with Crippen molar-refractivity contribution < 1.29 is 4.74 Å². The van der Waals surface area contributed by atoms with E-state index < -0.39 is 0 Å². The Hall–Kier alpha value is -1.46. The lowest BCUT2D eigenvalue weighted by Crippen LogP contribution is -2.22. The smallest absolute Gasteiger partial charge is 0.123 e. The van der Waals surface area contributed by atoms with Gasteiger partial charge >= 0.3 is 0 Å². The molecule has 0 radical (unpaired) electrons. The van der Waals surface area contributed by atoms with Gasteiger partial charge in [-0.05, 0) is 39.3 Å². The number of hydrogen-bond acceptors (Lipinski definition) is 2. The van der Waals surface area contributed by atoms with Crippen LogP contribution in [0.5, 0.6) is 5.75 Å². The van der Waals surface area contributed by atoms with Crippen LogP contribution in [0.2, 0.25) is 0 Å². The predicted molar refractivity (Wildman–Crippen MR) is 81.4 cm³/mol. The van der Waals surface area contributed by atoms with Gasteiger partial charge < -0.3 is 10.1 Å². The minimum absolute atomic E-state index is 0.315. The molecule has 0 saturated heterocycles. The van der Waals surface area contributed by atoms with E-state index in [1.54, 1.807) is 7.11 Å². The number of hydrogen-bond donors (Lipinski definition) is 1. The van der Waals surface area contributed by atoms with E-state index in [1.807, 2.05) is 6.92 Å². The third-order valence-corrected chi connectivity index (χ3v) is 3.14. The van der Waals surface area contributed by atoms with Gasteiger partial charge in [-0.3, -0.25) is 0 Å². The molecule has 1 atom stereocenters. The third-order valence-electron chi connectivity index (χ3n) is 3.14. The maximum Gasteiger partial charge on any atom is 0.123 e. The first kappa shape index (κ1) is 15.6. The molecule has 0 spiro atoms. The maximum absolute atomic E-state index is 5.49. The van der Waals surface area contributed by atoms with Gasteiger partial charge in [-0.15, -0.1) is 11.8 Å². The van der Waals surface area contributed by atoms with Crippen LogP contribution in [0.1, 0.15) is 50.3 Å². The zero-order valence-corrected chi connectivity index (χ0v) is 12.5. The van der Waals surface area contributed by atoms with Crippen LogP contribution in [0.4, 0.5) is 0 Å². The van der Waals surface area contributed by atoms with E-state index in [4.69, 9.17) is 4.74 Å². The van der Waals surface area contributed by atoms with Gasteiger partial charge in [0.1, 0.15) is 5.75 Å². The summed E-state index contributed by atoms with van der Waals surface area (Å²) >= 11 is 0. The summed E-state index contributed by atoms with van der Waals surface area (Å²) < 4.78 is 5.49. The first-order valence-electron chi connectivity index (χ1n) is 7.00. The highest BCUT2D eigenvalue weighted by Gasteiger charge is 2.15. The highest BCUT2D eigenvalue weighted by molar-refractivity contribution is 5.39. The Balaban J connectivity index is 2.92. The summed E-state index contributed by atoms with van der Waals surface area (Å²) in [6, 6.07) is 6.67. The maximum atomic E-state index is 5.49. The zero-order valence-electron chi connectivity index (χ0n) is 12.5. The van der Waals surface area contributed by atoms with Crippen LogP contribution in [0.15, 0.2) is 18.2 Å². The first-order chi connectivity index (χ1) is 9.22. The van der Waals surface area contributed by atoms with Gasteiger partial charge in [0.25, 0.3) is 0 Å². The van der Waals surface area contributed by atoms with Crippen LogP contribution >= 0.6 is 0 Å². The summed E-state index contributed by atoms with van der Waals surface area (Å²) in [4.78, 5) is 0. The molecular weight excluding hydrogens is 234 g/mol. The minimum Gasteiger partial charge on any atom is -0.496 e. The van der Waals surface area contributed by atoms with Crippen molar-refractivity contribution in [2.24, 2.45) is 0 Å². The number of nitrogens with one attached hydrogen (secondary N) is 1. The molecule has 1 unspecified atom stereocenters. The quantitative estimate of drug-likeness (QED) is 0.751. The average molecular weight is 259 g/mol. The fourth-order valence-electron chi connectivity index (χ4n) is 2.15. The Morgan fingerprint density at radius 1 is 1.37 bits per heavy atom. The van der Waals surface area contributed by atoms with E-state index in [0.717, 1.165) is 31.6 Å². The molecule has 104 valence electrons. The standard InChI is InChI=1S/C17H25NO/c1-5-7-8-9-16(18-12-6-2)15-13-14(3)10-11-17(15)19-4/h10-11,13,16,18H,6,8-9,12H2,1-4H3. The molecule has 0 bridgehead atoms. The summed E-state index contributed by atoms with van der Waals surface area (Å²) in [5.74, 6) is 7.07. The SMILES string of the molecule is CC#CCCC(NCCC)c1cc(C)ccc1OC. The van der Waals surface area contributed by atoms with Gasteiger partial charge in [0, 0.05) is 18.0 Å². The molecule has 0 aliphatic heterocycles. The van der Waals surface area contributed by atoms with E-state index in [1.165, 1.54) is 11.1 Å². The van der Waals surface area contributed by atoms with E-state index in [0.29, 0.717) is 6.04 Å². The summed E-state index contributed by atoms with van der Waals surface area (Å²) in [7, 11) is 1.73. The van der Waals surface area contributed by atoms with Gasteiger partial charge in [-0.2, -0.15) is 0 Å². The number of rotatable bonds is 7. The van der Waals surface area contributed by atoms with Crippen LogP contribution in [-0.2, 0) is 0 Å². The lowest BCUT2D eigenvalue weighted by Gasteiger charge is -2.21. The summed E-state index contributed by atoms with van der Waals surface area (Å²) in [6.45, 7) is 7.21. The van der Waals surface area contributed by atoms with Crippen molar-refractivity contribution in [3.8, 4) is 17.6 Å². The predicted octanol–water partition coefficient (Wildman–Crippen LogP) is 3.85. The van der Waals surface area contributed by atoms with Crippen LogP contribution in [0.25, 0.3) is 0 Å². The number of aryl methyl sites for hydroxylation is 1. The van der Waals surface area contributed by atoms with Crippen LogP contribution < -0.4 is 10.1 Å². The van der Waals surface area contributed by atoms with Crippen molar-refractivity contribution in [1.82, 2.24) is 5.32 Å². The Bertz CT molecular complexity index is 442. The lowest BCUT2D eigenvalue weighted by atomic mass is 9.99. The molecule has 0 amide bonds. The topological polar surface area (TPSA) is 21.3 Å². The molecule has 0 aromatic heterocycles. The van der Waals surface area contributed by atoms with E-state index in [2.05, 4.69) is 49.2 Å². The molecule has 1 aromatic carbocycles.